The maximum absolute atomic E-state index is 13.2. The molecular formula is C23H32N2O3. The summed E-state index contributed by atoms with van der Waals surface area (Å²) in [5, 5.41) is 0. The molecule has 2 bridgehead atoms. The molecule has 4 rings (SSSR count). The van der Waals surface area contributed by atoms with Crippen LogP contribution in [-0.2, 0) is 9.53 Å². The standard InChI is InChI=1S/C23H32N2O3/c1-3-28-22(26)18-10-12-24(13-11-18)23(27)25-20-8-9-21(25)15-19(14-20)17-6-4-16(2)5-7-17/h4-7,18-21H,3,8-15H2,1-2H3/t19-,20+,21-. The molecule has 0 radical (unpaired) electrons. The Bertz CT molecular complexity index is 695. The second-order valence-electron chi connectivity index (χ2n) is 8.67. The van der Waals surface area contributed by atoms with E-state index < -0.39 is 0 Å². The van der Waals surface area contributed by atoms with Gasteiger partial charge in [0, 0.05) is 25.2 Å². The zero-order chi connectivity index (χ0) is 19.7. The second kappa shape index (κ2) is 8.14. The molecule has 5 heteroatoms. The molecule has 0 N–H and O–H groups in total. The van der Waals surface area contributed by atoms with Gasteiger partial charge in [-0.1, -0.05) is 29.8 Å². The first-order valence-electron chi connectivity index (χ1n) is 10.9. The van der Waals surface area contributed by atoms with Crippen molar-refractivity contribution in [2.45, 2.75) is 70.4 Å². The smallest absolute Gasteiger partial charge is 0.320 e. The number of ether oxygens (including phenoxy) is 1. The van der Waals surface area contributed by atoms with Crippen LogP contribution in [0.3, 0.4) is 0 Å². The normalized spacial score (nSPS) is 27.7. The Balaban J connectivity index is 1.36. The number of nitrogens with zero attached hydrogens (tertiary/aromatic N) is 2. The highest BCUT2D eigenvalue weighted by atomic mass is 16.5. The van der Waals surface area contributed by atoms with Crippen LogP contribution in [0.15, 0.2) is 24.3 Å². The number of piperidine rings is 2. The molecule has 3 heterocycles. The first kappa shape index (κ1) is 19.3. The van der Waals surface area contributed by atoms with Crippen molar-refractivity contribution in [2.75, 3.05) is 19.7 Å². The Labute approximate surface area is 168 Å². The minimum absolute atomic E-state index is 0.0482. The molecule has 1 aromatic rings. The van der Waals surface area contributed by atoms with Crippen molar-refractivity contribution >= 4 is 12.0 Å². The molecule has 1 aromatic carbocycles. The Morgan fingerprint density at radius 1 is 1.00 bits per heavy atom. The monoisotopic (exact) mass is 384 g/mol. The maximum atomic E-state index is 13.2. The fraction of sp³-hybridized carbons (Fsp3) is 0.652. The molecule has 2 amide bonds. The van der Waals surface area contributed by atoms with E-state index in [1.807, 2.05) is 11.8 Å². The van der Waals surface area contributed by atoms with E-state index in [1.54, 1.807) is 0 Å². The number of rotatable bonds is 3. The van der Waals surface area contributed by atoms with Crippen molar-refractivity contribution < 1.29 is 14.3 Å². The van der Waals surface area contributed by atoms with Crippen LogP contribution < -0.4 is 0 Å². The number of amides is 2. The maximum Gasteiger partial charge on any atom is 0.320 e. The zero-order valence-corrected chi connectivity index (χ0v) is 17.1. The van der Waals surface area contributed by atoms with Crippen molar-refractivity contribution in [1.82, 2.24) is 9.80 Å². The molecule has 3 aliphatic heterocycles. The molecule has 0 saturated carbocycles. The SMILES string of the molecule is CCOC(=O)C1CCN(C(=O)N2[C@@H]3CC[C@H]2C[C@@H](c2ccc(C)cc2)C3)CC1. The highest BCUT2D eigenvalue weighted by Crippen LogP contribution is 2.43. The molecule has 0 unspecified atom stereocenters. The summed E-state index contributed by atoms with van der Waals surface area (Å²) in [5.41, 5.74) is 2.72. The van der Waals surface area contributed by atoms with Crippen LogP contribution in [0.5, 0.6) is 0 Å². The predicted molar refractivity (Wildman–Crippen MR) is 108 cm³/mol. The van der Waals surface area contributed by atoms with Gasteiger partial charge in [0.15, 0.2) is 0 Å². The van der Waals surface area contributed by atoms with Crippen LogP contribution in [0.4, 0.5) is 4.79 Å². The Hall–Kier alpha value is -2.04. The van der Waals surface area contributed by atoms with Crippen LogP contribution >= 0.6 is 0 Å². The molecular weight excluding hydrogens is 352 g/mol. The number of likely N-dealkylation sites (tertiary alicyclic amines) is 1. The van der Waals surface area contributed by atoms with Crippen LogP contribution in [0.2, 0.25) is 0 Å². The summed E-state index contributed by atoms with van der Waals surface area (Å²) >= 11 is 0. The van der Waals surface area contributed by atoms with Gasteiger partial charge in [-0.25, -0.2) is 4.79 Å². The van der Waals surface area contributed by atoms with Crippen molar-refractivity contribution in [3.8, 4) is 0 Å². The molecule has 3 aliphatic rings. The summed E-state index contributed by atoms with van der Waals surface area (Å²) in [5.74, 6) is 0.415. The molecule has 5 nitrogen and oxygen atoms in total. The highest BCUT2D eigenvalue weighted by Gasteiger charge is 2.45. The van der Waals surface area contributed by atoms with Gasteiger partial charge in [0.2, 0.25) is 0 Å². The third-order valence-electron chi connectivity index (χ3n) is 6.89. The summed E-state index contributed by atoms with van der Waals surface area (Å²) in [6.45, 7) is 5.73. The van der Waals surface area contributed by atoms with Gasteiger partial charge in [-0.05, 0) is 63.9 Å². The van der Waals surface area contributed by atoms with Crippen molar-refractivity contribution in [2.24, 2.45) is 5.92 Å². The van der Waals surface area contributed by atoms with E-state index in [0.717, 1.165) is 38.5 Å². The number of hydrogen-bond donors (Lipinski definition) is 0. The average molecular weight is 385 g/mol. The number of carbonyl (C=O) groups excluding carboxylic acids is 2. The minimum atomic E-state index is -0.103. The fourth-order valence-electron chi connectivity index (χ4n) is 5.33. The molecule has 28 heavy (non-hydrogen) atoms. The van der Waals surface area contributed by atoms with Crippen LogP contribution in [-0.4, -0.2) is 53.6 Å². The number of aryl methyl sites for hydroxylation is 1. The van der Waals surface area contributed by atoms with Crippen molar-refractivity contribution in [3.63, 3.8) is 0 Å². The van der Waals surface area contributed by atoms with Crippen LogP contribution in [0, 0.1) is 12.8 Å². The van der Waals surface area contributed by atoms with E-state index in [-0.39, 0.29) is 17.9 Å². The van der Waals surface area contributed by atoms with Crippen molar-refractivity contribution in [3.05, 3.63) is 35.4 Å². The summed E-state index contributed by atoms with van der Waals surface area (Å²) in [6.07, 6.45) is 5.84. The third kappa shape index (κ3) is 3.76. The number of hydrogen-bond acceptors (Lipinski definition) is 3. The molecule has 3 saturated heterocycles. The lowest BCUT2D eigenvalue weighted by Crippen LogP contribution is -2.53. The van der Waals surface area contributed by atoms with E-state index in [1.165, 1.54) is 11.1 Å². The second-order valence-corrected chi connectivity index (χ2v) is 8.67. The molecule has 0 aliphatic carbocycles. The molecule has 0 aromatic heterocycles. The molecule has 3 fully saturated rings. The summed E-state index contributed by atoms with van der Waals surface area (Å²) < 4.78 is 5.15. The fourth-order valence-corrected chi connectivity index (χ4v) is 5.33. The van der Waals surface area contributed by atoms with E-state index in [9.17, 15) is 9.59 Å². The van der Waals surface area contributed by atoms with Gasteiger partial charge in [-0.2, -0.15) is 0 Å². The minimum Gasteiger partial charge on any atom is -0.466 e. The van der Waals surface area contributed by atoms with Gasteiger partial charge in [0.1, 0.15) is 0 Å². The topological polar surface area (TPSA) is 49.9 Å². The summed E-state index contributed by atoms with van der Waals surface area (Å²) in [6, 6.07) is 9.83. The van der Waals surface area contributed by atoms with E-state index >= 15 is 0 Å². The highest BCUT2D eigenvalue weighted by molar-refractivity contribution is 5.77. The summed E-state index contributed by atoms with van der Waals surface area (Å²) in [7, 11) is 0. The zero-order valence-electron chi connectivity index (χ0n) is 17.1. The molecule has 0 spiro atoms. The lowest BCUT2D eigenvalue weighted by molar-refractivity contribution is -0.149. The van der Waals surface area contributed by atoms with E-state index in [2.05, 4.69) is 36.1 Å². The Morgan fingerprint density at radius 3 is 2.18 bits per heavy atom. The first-order chi connectivity index (χ1) is 13.6. The van der Waals surface area contributed by atoms with Gasteiger partial charge >= 0.3 is 12.0 Å². The Kier molecular flexibility index (Phi) is 5.61. The number of urea groups is 1. The molecule has 152 valence electrons. The lowest BCUT2D eigenvalue weighted by atomic mass is 9.85. The third-order valence-corrected chi connectivity index (χ3v) is 6.89. The number of carbonyl (C=O) groups is 2. The average Bonchev–Trinajstić information content (AvgIpc) is 2.97. The number of benzene rings is 1. The van der Waals surface area contributed by atoms with Gasteiger partial charge in [0.25, 0.3) is 0 Å². The summed E-state index contributed by atoms with van der Waals surface area (Å²) in [4.78, 5) is 29.3. The van der Waals surface area contributed by atoms with Gasteiger partial charge in [0.05, 0.1) is 12.5 Å². The van der Waals surface area contributed by atoms with Gasteiger partial charge in [-0.15, -0.1) is 0 Å². The quantitative estimate of drug-likeness (QED) is 0.737. The largest absolute Gasteiger partial charge is 0.466 e. The van der Waals surface area contributed by atoms with Gasteiger partial charge < -0.3 is 14.5 Å². The van der Waals surface area contributed by atoms with Crippen LogP contribution in [0.1, 0.15) is 62.5 Å². The number of esters is 1. The molecule has 3 atom stereocenters. The predicted octanol–water partition coefficient (Wildman–Crippen LogP) is 4.10. The van der Waals surface area contributed by atoms with E-state index in [4.69, 9.17) is 4.74 Å². The van der Waals surface area contributed by atoms with Gasteiger partial charge in [-0.3, -0.25) is 4.79 Å². The lowest BCUT2D eigenvalue weighted by Gasteiger charge is -2.43. The number of fused-ring (bicyclic) bond motifs is 2. The first-order valence-corrected chi connectivity index (χ1v) is 10.9. The van der Waals surface area contributed by atoms with E-state index in [0.29, 0.717) is 37.7 Å². The van der Waals surface area contributed by atoms with Crippen molar-refractivity contribution in [1.29, 1.82) is 0 Å². The Morgan fingerprint density at radius 2 is 1.61 bits per heavy atom. The van der Waals surface area contributed by atoms with Crippen LogP contribution in [0.25, 0.3) is 0 Å².